The van der Waals surface area contributed by atoms with Gasteiger partial charge in [0.2, 0.25) is 0 Å². The minimum atomic E-state index is -0.711. The highest BCUT2D eigenvalue weighted by Gasteiger charge is 2.09. The molecule has 0 bridgehead atoms. The summed E-state index contributed by atoms with van der Waals surface area (Å²) in [6, 6.07) is 7.52. The van der Waals surface area contributed by atoms with Crippen molar-refractivity contribution in [2.75, 3.05) is 12.4 Å². The molecule has 2 atom stereocenters. The molecule has 0 aromatic heterocycles. The van der Waals surface area contributed by atoms with Crippen LogP contribution in [0.25, 0.3) is 0 Å². The third kappa shape index (κ3) is 3.83. The third-order valence-electron chi connectivity index (χ3n) is 2.01. The van der Waals surface area contributed by atoms with Gasteiger partial charge in [-0.15, -0.1) is 11.8 Å². The molecule has 0 heterocycles. The zero-order valence-electron chi connectivity index (χ0n) is 8.63. The molecule has 1 unspecified atom stereocenters. The van der Waals surface area contributed by atoms with Crippen molar-refractivity contribution in [3.05, 3.63) is 29.8 Å². The lowest BCUT2D eigenvalue weighted by Gasteiger charge is -2.12. The van der Waals surface area contributed by atoms with Crippen LogP contribution >= 0.6 is 11.8 Å². The molecule has 3 N–H and O–H groups in total. The Hall–Kier alpha value is -0.550. The van der Waals surface area contributed by atoms with Gasteiger partial charge in [0.05, 0.1) is 18.8 Å². The third-order valence-corrected chi connectivity index (χ3v) is 3.25. The van der Waals surface area contributed by atoms with E-state index in [9.17, 15) is 10.2 Å². The number of hydrogen-bond donors (Lipinski definition) is 3. The maximum Gasteiger partial charge on any atom is 0.0864 e. The Bertz CT molecular complexity index is 302. The first-order valence-corrected chi connectivity index (χ1v) is 5.82. The van der Waals surface area contributed by atoms with Gasteiger partial charge in [-0.2, -0.15) is 0 Å². The lowest BCUT2D eigenvalue weighted by atomic mass is 10.1. The standard InChI is InChI=1S/C11H16O3S/c1-8(13)10-4-2-3-5-11(10)15-7-9(14)6-12/h2-5,8-9,12-14H,6-7H2,1H3/t8-,9?/m1/s1. The molecular weight excluding hydrogens is 212 g/mol. The quantitative estimate of drug-likeness (QED) is 0.662. The maximum absolute atomic E-state index is 9.50. The van der Waals surface area contributed by atoms with Crippen molar-refractivity contribution in [3.63, 3.8) is 0 Å². The maximum atomic E-state index is 9.50. The van der Waals surface area contributed by atoms with Crippen LogP contribution in [0.5, 0.6) is 0 Å². The number of benzene rings is 1. The molecule has 84 valence electrons. The van der Waals surface area contributed by atoms with Gasteiger partial charge >= 0.3 is 0 Å². The second kappa shape index (κ2) is 6.12. The van der Waals surface area contributed by atoms with E-state index in [1.807, 2.05) is 24.3 Å². The molecule has 15 heavy (non-hydrogen) atoms. The van der Waals surface area contributed by atoms with E-state index in [1.54, 1.807) is 6.92 Å². The van der Waals surface area contributed by atoms with Crippen LogP contribution in [0.15, 0.2) is 29.2 Å². The Balaban J connectivity index is 2.67. The Morgan fingerprint density at radius 1 is 1.27 bits per heavy atom. The summed E-state index contributed by atoms with van der Waals surface area (Å²) in [6.07, 6.45) is -1.22. The van der Waals surface area contributed by atoms with Gasteiger partial charge in [0.15, 0.2) is 0 Å². The largest absolute Gasteiger partial charge is 0.394 e. The van der Waals surface area contributed by atoms with Gasteiger partial charge in [-0.05, 0) is 18.6 Å². The minimum absolute atomic E-state index is 0.232. The highest BCUT2D eigenvalue weighted by atomic mass is 32.2. The number of aliphatic hydroxyl groups excluding tert-OH is 3. The molecule has 1 aromatic carbocycles. The van der Waals surface area contributed by atoms with Crippen LogP contribution in [0, 0.1) is 0 Å². The van der Waals surface area contributed by atoms with Crippen molar-refractivity contribution in [3.8, 4) is 0 Å². The molecular formula is C11H16O3S. The molecule has 4 heteroatoms. The summed E-state index contributed by atoms with van der Waals surface area (Å²) in [6.45, 7) is 1.48. The van der Waals surface area contributed by atoms with Crippen molar-refractivity contribution in [1.29, 1.82) is 0 Å². The fourth-order valence-corrected chi connectivity index (χ4v) is 2.25. The zero-order valence-corrected chi connectivity index (χ0v) is 9.44. The Morgan fingerprint density at radius 3 is 2.53 bits per heavy atom. The molecule has 0 aliphatic carbocycles. The van der Waals surface area contributed by atoms with Crippen LogP contribution in [-0.4, -0.2) is 33.8 Å². The fraction of sp³-hybridized carbons (Fsp3) is 0.455. The van der Waals surface area contributed by atoms with Crippen LogP contribution < -0.4 is 0 Å². The van der Waals surface area contributed by atoms with Crippen molar-refractivity contribution in [2.24, 2.45) is 0 Å². The normalized spacial score (nSPS) is 14.9. The van der Waals surface area contributed by atoms with E-state index < -0.39 is 12.2 Å². The Kier molecular flexibility index (Phi) is 5.11. The van der Waals surface area contributed by atoms with Gasteiger partial charge in [-0.1, -0.05) is 18.2 Å². The molecule has 0 spiro atoms. The highest BCUT2D eigenvalue weighted by molar-refractivity contribution is 7.99. The smallest absolute Gasteiger partial charge is 0.0864 e. The molecule has 0 aliphatic rings. The van der Waals surface area contributed by atoms with E-state index in [2.05, 4.69) is 0 Å². The fourth-order valence-electron chi connectivity index (χ4n) is 1.20. The van der Waals surface area contributed by atoms with Gasteiger partial charge < -0.3 is 15.3 Å². The van der Waals surface area contributed by atoms with Crippen molar-refractivity contribution in [1.82, 2.24) is 0 Å². The predicted octanol–water partition coefficient (Wildman–Crippen LogP) is 1.19. The minimum Gasteiger partial charge on any atom is -0.394 e. The predicted molar refractivity (Wildman–Crippen MR) is 60.9 cm³/mol. The number of hydrogen-bond acceptors (Lipinski definition) is 4. The molecule has 0 saturated heterocycles. The van der Waals surface area contributed by atoms with E-state index in [1.165, 1.54) is 11.8 Å². The van der Waals surface area contributed by atoms with Gasteiger partial charge in [0.25, 0.3) is 0 Å². The van der Waals surface area contributed by atoms with Gasteiger partial charge in [-0.3, -0.25) is 0 Å². The second-order valence-corrected chi connectivity index (χ2v) is 4.42. The topological polar surface area (TPSA) is 60.7 Å². The summed E-state index contributed by atoms with van der Waals surface area (Å²) >= 11 is 1.44. The molecule has 0 fully saturated rings. The van der Waals surface area contributed by atoms with Crippen molar-refractivity contribution < 1.29 is 15.3 Å². The van der Waals surface area contributed by atoms with Crippen molar-refractivity contribution in [2.45, 2.75) is 24.0 Å². The first-order chi connectivity index (χ1) is 7.15. The summed E-state index contributed by atoms with van der Waals surface area (Å²) in [4.78, 5) is 0.944. The molecule has 3 nitrogen and oxygen atoms in total. The summed E-state index contributed by atoms with van der Waals surface area (Å²) in [5.41, 5.74) is 0.854. The van der Waals surface area contributed by atoms with Crippen LogP contribution in [-0.2, 0) is 0 Å². The van der Waals surface area contributed by atoms with Gasteiger partial charge in [0.1, 0.15) is 0 Å². The molecule has 0 saturated carbocycles. The van der Waals surface area contributed by atoms with E-state index in [4.69, 9.17) is 5.11 Å². The van der Waals surface area contributed by atoms with Crippen LogP contribution in [0.3, 0.4) is 0 Å². The summed E-state index contributed by atoms with van der Waals surface area (Å²) < 4.78 is 0. The molecule has 0 amide bonds. The van der Waals surface area contributed by atoms with Crippen LogP contribution in [0.1, 0.15) is 18.6 Å². The van der Waals surface area contributed by atoms with E-state index in [0.29, 0.717) is 5.75 Å². The molecule has 1 rings (SSSR count). The Morgan fingerprint density at radius 2 is 1.93 bits per heavy atom. The first-order valence-electron chi connectivity index (χ1n) is 4.84. The van der Waals surface area contributed by atoms with E-state index >= 15 is 0 Å². The lowest BCUT2D eigenvalue weighted by Crippen LogP contribution is -2.14. The van der Waals surface area contributed by atoms with E-state index in [-0.39, 0.29) is 6.61 Å². The number of rotatable bonds is 5. The number of aliphatic hydroxyl groups is 3. The highest BCUT2D eigenvalue weighted by Crippen LogP contribution is 2.27. The molecule has 0 radical (unpaired) electrons. The lowest BCUT2D eigenvalue weighted by molar-refractivity contribution is 0.113. The molecule has 0 aliphatic heterocycles. The molecule has 1 aromatic rings. The average Bonchev–Trinajstić information content (AvgIpc) is 2.26. The number of thioether (sulfide) groups is 1. The second-order valence-electron chi connectivity index (χ2n) is 3.36. The first kappa shape index (κ1) is 12.5. The van der Waals surface area contributed by atoms with Gasteiger partial charge in [-0.25, -0.2) is 0 Å². The summed E-state index contributed by atoms with van der Waals surface area (Å²) in [5.74, 6) is 0.431. The zero-order chi connectivity index (χ0) is 11.3. The SMILES string of the molecule is C[C@@H](O)c1ccccc1SCC(O)CO. The van der Waals surface area contributed by atoms with Crippen LogP contribution in [0.2, 0.25) is 0 Å². The van der Waals surface area contributed by atoms with Crippen molar-refractivity contribution >= 4 is 11.8 Å². The Labute approximate surface area is 93.8 Å². The van der Waals surface area contributed by atoms with E-state index in [0.717, 1.165) is 10.5 Å². The summed E-state index contributed by atoms with van der Waals surface area (Å²) in [7, 11) is 0. The monoisotopic (exact) mass is 228 g/mol. The average molecular weight is 228 g/mol. The summed E-state index contributed by atoms with van der Waals surface area (Å²) in [5, 5.41) is 27.4. The van der Waals surface area contributed by atoms with Crippen LogP contribution in [0.4, 0.5) is 0 Å². The van der Waals surface area contributed by atoms with Gasteiger partial charge in [0, 0.05) is 10.6 Å².